The minimum absolute atomic E-state index is 0.261. The first-order chi connectivity index (χ1) is 6.72. The number of rotatable bonds is 6. The number of carbonyl (C=O) groups excluding carboxylic acids is 1. The number of hydrogen-bond donors (Lipinski definition) is 0. The van der Waals surface area contributed by atoms with Crippen molar-refractivity contribution in [2.45, 2.75) is 39.5 Å². The average molecular weight is 196 g/mol. The van der Waals surface area contributed by atoms with Gasteiger partial charge in [-0.25, -0.2) is 4.79 Å². The highest BCUT2D eigenvalue weighted by Crippen LogP contribution is 2.01. The lowest BCUT2D eigenvalue weighted by Gasteiger charge is -1.95. The summed E-state index contributed by atoms with van der Waals surface area (Å²) in [5.74, 6) is -0.261. The van der Waals surface area contributed by atoms with Crippen LogP contribution in [0.4, 0.5) is 0 Å². The molecule has 0 aromatic rings. The zero-order valence-corrected chi connectivity index (χ0v) is 9.38. The second-order valence-electron chi connectivity index (χ2n) is 3.27. The average Bonchev–Trinajstić information content (AvgIpc) is 2.21. The number of hydrogen-bond acceptors (Lipinski definition) is 2. The van der Waals surface area contributed by atoms with Crippen LogP contribution in [0.1, 0.15) is 39.5 Å². The molecule has 0 rings (SSSR count). The molecule has 2 heteroatoms. The van der Waals surface area contributed by atoms with Gasteiger partial charge in [-0.1, -0.05) is 38.0 Å². The Hall–Kier alpha value is -1.05. The maximum absolute atomic E-state index is 11.0. The standard InChI is InChI=1S/C12H20O2/c1-4-5-6-7-8-9-10-11(2)12(13)14-3/h8-10H,4-7H2,1-3H3. The number of allylic oxidation sites excluding steroid dienone is 3. The molecule has 0 atom stereocenters. The lowest BCUT2D eigenvalue weighted by molar-refractivity contribution is -0.136. The summed E-state index contributed by atoms with van der Waals surface area (Å²) in [6.07, 6.45) is 10.6. The number of carbonyl (C=O) groups is 1. The van der Waals surface area contributed by atoms with Gasteiger partial charge in [0.05, 0.1) is 7.11 Å². The zero-order valence-electron chi connectivity index (χ0n) is 9.38. The van der Waals surface area contributed by atoms with Crippen LogP contribution in [-0.4, -0.2) is 13.1 Å². The lowest BCUT2D eigenvalue weighted by Crippen LogP contribution is -2.00. The Morgan fingerprint density at radius 1 is 1.36 bits per heavy atom. The Morgan fingerprint density at radius 2 is 2.07 bits per heavy atom. The van der Waals surface area contributed by atoms with Crippen LogP contribution < -0.4 is 0 Å². The topological polar surface area (TPSA) is 26.3 Å². The van der Waals surface area contributed by atoms with Crippen LogP contribution in [-0.2, 0) is 9.53 Å². The number of ether oxygens (including phenoxy) is 1. The van der Waals surface area contributed by atoms with E-state index >= 15 is 0 Å². The van der Waals surface area contributed by atoms with E-state index in [1.165, 1.54) is 26.4 Å². The van der Waals surface area contributed by atoms with Crippen molar-refractivity contribution in [2.75, 3.05) is 7.11 Å². The molecule has 80 valence electrons. The van der Waals surface area contributed by atoms with Gasteiger partial charge in [0.25, 0.3) is 0 Å². The molecule has 0 aliphatic carbocycles. The first-order valence-corrected chi connectivity index (χ1v) is 5.14. The van der Waals surface area contributed by atoms with Gasteiger partial charge in [0.2, 0.25) is 0 Å². The second kappa shape index (κ2) is 8.54. The predicted octanol–water partition coefficient (Wildman–Crippen LogP) is 3.24. The molecule has 0 saturated carbocycles. The Balaban J connectivity index is 3.73. The van der Waals surface area contributed by atoms with Gasteiger partial charge in [-0.3, -0.25) is 0 Å². The minimum atomic E-state index is -0.261. The summed E-state index contributed by atoms with van der Waals surface area (Å²) in [7, 11) is 1.39. The van der Waals surface area contributed by atoms with Crippen LogP contribution in [0.15, 0.2) is 23.8 Å². The molecule has 0 unspecified atom stereocenters. The number of methoxy groups -OCH3 is 1. The Kier molecular flexibility index (Phi) is 7.90. The molecule has 0 amide bonds. The normalized spacial score (nSPS) is 12.1. The fraction of sp³-hybridized carbons (Fsp3) is 0.583. The van der Waals surface area contributed by atoms with E-state index in [0.29, 0.717) is 5.57 Å². The molecule has 0 fully saturated rings. The van der Waals surface area contributed by atoms with E-state index in [-0.39, 0.29) is 5.97 Å². The van der Waals surface area contributed by atoms with Gasteiger partial charge in [-0.2, -0.15) is 0 Å². The highest BCUT2D eigenvalue weighted by Gasteiger charge is 1.99. The first-order valence-electron chi connectivity index (χ1n) is 5.14. The van der Waals surface area contributed by atoms with E-state index in [9.17, 15) is 4.79 Å². The quantitative estimate of drug-likeness (QED) is 0.282. The summed E-state index contributed by atoms with van der Waals surface area (Å²) in [6.45, 7) is 3.94. The van der Waals surface area contributed by atoms with Crippen LogP contribution >= 0.6 is 0 Å². The highest BCUT2D eigenvalue weighted by atomic mass is 16.5. The summed E-state index contributed by atoms with van der Waals surface area (Å²) in [6, 6.07) is 0. The number of esters is 1. The Labute approximate surface area is 86.6 Å². The predicted molar refractivity (Wildman–Crippen MR) is 59.1 cm³/mol. The summed E-state index contributed by atoms with van der Waals surface area (Å²) in [5.41, 5.74) is 0.638. The molecule has 0 bridgehead atoms. The van der Waals surface area contributed by atoms with Gasteiger partial charge >= 0.3 is 5.97 Å². The molecular formula is C12H20O2. The Morgan fingerprint density at radius 3 is 2.64 bits per heavy atom. The summed E-state index contributed by atoms with van der Waals surface area (Å²) < 4.78 is 4.57. The fourth-order valence-electron chi connectivity index (χ4n) is 1.05. The third kappa shape index (κ3) is 6.46. The van der Waals surface area contributed by atoms with Gasteiger partial charge < -0.3 is 4.74 Å². The molecule has 0 N–H and O–H groups in total. The van der Waals surface area contributed by atoms with E-state index in [2.05, 4.69) is 17.7 Å². The molecule has 0 spiro atoms. The van der Waals surface area contributed by atoms with Gasteiger partial charge in [-0.15, -0.1) is 0 Å². The maximum Gasteiger partial charge on any atom is 0.333 e. The zero-order chi connectivity index (χ0) is 10.8. The van der Waals surface area contributed by atoms with Gasteiger partial charge in [0.1, 0.15) is 0 Å². The van der Waals surface area contributed by atoms with Crippen LogP contribution in [0, 0.1) is 0 Å². The molecule has 2 nitrogen and oxygen atoms in total. The van der Waals surface area contributed by atoms with Crippen LogP contribution in [0.2, 0.25) is 0 Å². The van der Waals surface area contributed by atoms with Crippen molar-refractivity contribution >= 4 is 5.97 Å². The van der Waals surface area contributed by atoms with Gasteiger partial charge in [0, 0.05) is 5.57 Å². The van der Waals surface area contributed by atoms with E-state index < -0.39 is 0 Å². The molecule has 0 aliphatic heterocycles. The third-order valence-corrected chi connectivity index (χ3v) is 1.96. The first kappa shape index (κ1) is 12.9. The van der Waals surface area contributed by atoms with E-state index in [0.717, 1.165) is 6.42 Å². The smallest absolute Gasteiger partial charge is 0.333 e. The lowest BCUT2D eigenvalue weighted by atomic mass is 10.2. The monoisotopic (exact) mass is 196 g/mol. The van der Waals surface area contributed by atoms with Crippen LogP contribution in [0.5, 0.6) is 0 Å². The molecule has 0 saturated heterocycles. The SMILES string of the molecule is CCCCCC=CC=C(C)C(=O)OC. The fourth-order valence-corrected chi connectivity index (χ4v) is 1.05. The largest absolute Gasteiger partial charge is 0.466 e. The minimum Gasteiger partial charge on any atom is -0.466 e. The second-order valence-corrected chi connectivity index (χ2v) is 3.27. The molecule has 14 heavy (non-hydrogen) atoms. The maximum atomic E-state index is 11.0. The van der Waals surface area contributed by atoms with Crippen LogP contribution in [0.3, 0.4) is 0 Å². The van der Waals surface area contributed by atoms with Crippen molar-refractivity contribution in [1.29, 1.82) is 0 Å². The third-order valence-electron chi connectivity index (χ3n) is 1.96. The molecule has 0 radical (unpaired) electrons. The van der Waals surface area contributed by atoms with Crippen molar-refractivity contribution in [1.82, 2.24) is 0 Å². The van der Waals surface area contributed by atoms with E-state index in [1.54, 1.807) is 13.0 Å². The van der Waals surface area contributed by atoms with Crippen LogP contribution in [0.25, 0.3) is 0 Å². The van der Waals surface area contributed by atoms with Gasteiger partial charge in [-0.05, 0) is 19.8 Å². The molecular weight excluding hydrogens is 176 g/mol. The van der Waals surface area contributed by atoms with Crippen molar-refractivity contribution < 1.29 is 9.53 Å². The summed E-state index contributed by atoms with van der Waals surface area (Å²) in [5, 5.41) is 0. The molecule has 0 aliphatic rings. The van der Waals surface area contributed by atoms with E-state index in [4.69, 9.17) is 0 Å². The number of unbranched alkanes of at least 4 members (excludes halogenated alkanes) is 3. The summed E-state index contributed by atoms with van der Waals surface area (Å²) in [4.78, 5) is 11.0. The Bertz CT molecular complexity index is 214. The molecule has 0 heterocycles. The molecule has 0 aromatic heterocycles. The molecule has 0 aromatic carbocycles. The van der Waals surface area contributed by atoms with Crippen molar-refractivity contribution in [3.63, 3.8) is 0 Å². The van der Waals surface area contributed by atoms with Crippen molar-refractivity contribution in [3.8, 4) is 0 Å². The van der Waals surface area contributed by atoms with E-state index in [1.807, 2.05) is 6.08 Å². The highest BCUT2D eigenvalue weighted by molar-refractivity contribution is 5.87. The van der Waals surface area contributed by atoms with Gasteiger partial charge in [0.15, 0.2) is 0 Å². The van der Waals surface area contributed by atoms with Crippen molar-refractivity contribution in [3.05, 3.63) is 23.8 Å². The van der Waals surface area contributed by atoms with Crippen molar-refractivity contribution in [2.24, 2.45) is 0 Å². The summed E-state index contributed by atoms with van der Waals surface area (Å²) >= 11 is 0.